The number of nitrogens with one attached hydrogen (secondary N) is 2. The number of hydrogen-bond acceptors (Lipinski definition) is 2. The van der Waals surface area contributed by atoms with Crippen molar-refractivity contribution in [3.8, 4) is 0 Å². The van der Waals surface area contributed by atoms with Gasteiger partial charge in [0, 0.05) is 19.3 Å². The van der Waals surface area contributed by atoms with Crippen molar-refractivity contribution in [1.29, 1.82) is 0 Å². The Morgan fingerprint density at radius 3 is 2.48 bits per heavy atom. The first-order valence-corrected chi connectivity index (χ1v) is 8.01. The average Bonchev–Trinajstić information content (AvgIpc) is 2.47. The lowest BCUT2D eigenvalue weighted by atomic mass is 10.2. The van der Waals surface area contributed by atoms with Gasteiger partial charge in [-0.1, -0.05) is 22.0 Å². The van der Waals surface area contributed by atoms with Crippen LogP contribution in [0.25, 0.3) is 0 Å². The summed E-state index contributed by atoms with van der Waals surface area (Å²) in [4.78, 5) is 23.6. The number of carbonyl (C=O) groups is 2. The molecule has 0 aliphatic carbocycles. The molecule has 6 heteroatoms. The largest absolute Gasteiger partial charge is 0.343 e. The number of amides is 2. The second kappa shape index (κ2) is 7.56. The molecule has 4 nitrogen and oxygen atoms in total. The predicted octanol–water partition coefficient (Wildman–Crippen LogP) is 3.42. The van der Waals surface area contributed by atoms with Crippen LogP contribution in [0.4, 0.5) is 5.69 Å². The second-order valence-corrected chi connectivity index (χ2v) is 6.41. The van der Waals surface area contributed by atoms with E-state index in [1.165, 1.54) is 0 Å². The van der Waals surface area contributed by atoms with Gasteiger partial charge in [0.25, 0.3) is 5.91 Å². The maximum Gasteiger partial charge on any atom is 0.251 e. The molecule has 0 spiro atoms. The first kappa shape index (κ1) is 16.0. The highest BCUT2D eigenvalue weighted by Crippen LogP contribution is 2.12. The van der Waals surface area contributed by atoms with Crippen LogP contribution in [0.1, 0.15) is 10.4 Å². The fourth-order valence-electron chi connectivity index (χ4n) is 1.63. The molecule has 0 aliphatic rings. The fraction of sp³-hybridized carbons (Fsp3) is 0.0667. The van der Waals surface area contributed by atoms with Gasteiger partial charge in [0.05, 0.1) is 6.54 Å². The van der Waals surface area contributed by atoms with Crippen LogP contribution in [0.2, 0.25) is 0 Å². The normalized spacial score (nSPS) is 10.0. The number of anilines is 1. The van der Waals surface area contributed by atoms with Crippen LogP contribution in [-0.2, 0) is 4.79 Å². The zero-order valence-electron chi connectivity index (χ0n) is 10.9. The molecule has 0 heterocycles. The molecule has 0 bridgehead atoms. The van der Waals surface area contributed by atoms with Crippen LogP contribution in [0.15, 0.2) is 53.0 Å². The van der Waals surface area contributed by atoms with Gasteiger partial charge in [-0.3, -0.25) is 9.59 Å². The van der Waals surface area contributed by atoms with Crippen molar-refractivity contribution in [2.75, 3.05) is 11.9 Å². The summed E-state index contributed by atoms with van der Waals surface area (Å²) in [7, 11) is 0. The molecule has 2 aromatic carbocycles. The predicted molar refractivity (Wildman–Crippen MR) is 94.3 cm³/mol. The minimum absolute atomic E-state index is 0.0721. The molecule has 0 atom stereocenters. The molecule has 0 aliphatic heterocycles. The van der Waals surface area contributed by atoms with Crippen molar-refractivity contribution < 1.29 is 9.59 Å². The number of hydrogen-bond donors (Lipinski definition) is 2. The average molecular weight is 459 g/mol. The van der Waals surface area contributed by atoms with Gasteiger partial charge < -0.3 is 10.6 Å². The molecule has 0 saturated carbocycles. The third-order valence-electron chi connectivity index (χ3n) is 2.62. The van der Waals surface area contributed by atoms with E-state index in [4.69, 9.17) is 0 Å². The Bertz CT molecular complexity index is 659. The minimum Gasteiger partial charge on any atom is -0.343 e. The number of benzene rings is 2. The van der Waals surface area contributed by atoms with Crippen molar-refractivity contribution >= 4 is 56.0 Å². The molecule has 2 aromatic rings. The third-order valence-corrected chi connectivity index (χ3v) is 3.84. The van der Waals surface area contributed by atoms with E-state index in [2.05, 4.69) is 49.2 Å². The summed E-state index contributed by atoms with van der Waals surface area (Å²) in [5.41, 5.74) is 1.21. The third kappa shape index (κ3) is 5.13. The van der Waals surface area contributed by atoms with E-state index in [0.717, 1.165) is 8.04 Å². The summed E-state index contributed by atoms with van der Waals surface area (Å²) in [6.45, 7) is -0.0721. The van der Waals surface area contributed by atoms with Crippen molar-refractivity contribution in [2.24, 2.45) is 0 Å². The quantitative estimate of drug-likeness (QED) is 0.689. The molecule has 108 valence electrons. The van der Waals surface area contributed by atoms with Crippen LogP contribution >= 0.6 is 38.5 Å². The van der Waals surface area contributed by atoms with Crippen molar-refractivity contribution in [1.82, 2.24) is 5.32 Å². The highest BCUT2D eigenvalue weighted by molar-refractivity contribution is 14.1. The zero-order valence-corrected chi connectivity index (χ0v) is 14.6. The molecular weight excluding hydrogens is 447 g/mol. The minimum atomic E-state index is -0.283. The van der Waals surface area contributed by atoms with E-state index >= 15 is 0 Å². The van der Waals surface area contributed by atoms with E-state index in [9.17, 15) is 9.59 Å². The molecule has 0 aromatic heterocycles. The Hall–Kier alpha value is -1.41. The number of halogens is 2. The SMILES string of the molecule is O=C(CNC(=O)c1cccc(Br)c1)Nc1ccc(I)cc1. The Balaban J connectivity index is 1.86. The lowest BCUT2D eigenvalue weighted by molar-refractivity contribution is -0.115. The fourth-order valence-corrected chi connectivity index (χ4v) is 2.39. The molecule has 0 saturated heterocycles. The second-order valence-electron chi connectivity index (χ2n) is 4.25. The molecule has 0 unspecified atom stereocenters. The Morgan fingerprint density at radius 2 is 1.81 bits per heavy atom. The highest BCUT2D eigenvalue weighted by atomic mass is 127. The Morgan fingerprint density at radius 1 is 1.10 bits per heavy atom. The Kier molecular flexibility index (Phi) is 5.75. The number of rotatable bonds is 4. The molecule has 0 radical (unpaired) electrons. The van der Waals surface area contributed by atoms with Gasteiger partial charge in [0.2, 0.25) is 5.91 Å². The van der Waals surface area contributed by atoms with Gasteiger partial charge in [-0.25, -0.2) is 0 Å². The monoisotopic (exact) mass is 458 g/mol. The van der Waals surface area contributed by atoms with E-state index < -0.39 is 0 Å². The molecule has 2 rings (SSSR count). The van der Waals surface area contributed by atoms with Crippen LogP contribution in [0.3, 0.4) is 0 Å². The lowest BCUT2D eigenvalue weighted by Gasteiger charge is -2.07. The van der Waals surface area contributed by atoms with Gasteiger partial charge in [0.15, 0.2) is 0 Å². The molecule has 21 heavy (non-hydrogen) atoms. The summed E-state index contributed by atoms with van der Waals surface area (Å²) in [5.74, 6) is -0.548. The summed E-state index contributed by atoms with van der Waals surface area (Å²) in [6.07, 6.45) is 0. The van der Waals surface area contributed by atoms with Crippen molar-refractivity contribution in [3.63, 3.8) is 0 Å². The van der Waals surface area contributed by atoms with Crippen LogP contribution in [0.5, 0.6) is 0 Å². The standard InChI is InChI=1S/C15H12BrIN2O2/c16-11-3-1-2-10(8-11)15(21)18-9-14(20)19-13-6-4-12(17)5-7-13/h1-8H,9H2,(H,18,21)(H,19,20). The van der Waals surface area contributed by atoms with Crippen LogP contribution in [-0.4, -0.2) is 18.4 Å². The van der Waals surface area contributed by atoms with E-state index in [-0.39, 0.29) is 18.4 Å². The first-order valence-electron chi connectivity index (χ1n) is 6.14. The van der Waals surface area contributed by atoms with E-state index in [1.54, 1.807) is 18.2 Å². The Labute approximate surface area is 144 Å². The summed E-state index contributed by atoms with van der Waals surface area (Å²) < 4.78 is 1.91. The van der Waals surface area contributed by atoms with Crippen molar-refractivity contribution in [2.45, 2.75) is 0 Å². The number of carbonyl (C=O) groups excluding carboxylic acids is 2. The van der Waals surface area contributed by atoms with Crippen molar-refractivity contribution in [3.05, 3.63) is 62.1 Å². The summed E-state index contributed by atoms with van der Waals surface area (Å²) >= 11 is 5.49. The molecule has 2 amide bonds. The van der Waals surface area contributed by atoms with Gasteiger partial charge in [-0.05, 0) is 65.1 Å². The molecular formula is C15H12BrIN2O2. The molecule has 0 fully saturated rings. The zero-order chi connectivity index (χ0) is 15.2. The highest BCUT2D eigenvalue weighted by Gasteiger charge is 2.08. The van der Waals surface area contributed by atoms with E-state index in [1.807, 2.05) is 30.3 Å². The maximum absolute atomic E-state index is 11.9. The van der Waals surface area contributed by atoms with E-state index in [0.29, 0.717) is 11.3 Å². The van der Waals surface area contributed by atoms with Gasteiger partial charge in [-0.2, -0.15) is 0 Å². The summed E-state index contributed by atoms with van der Waals surface area (Å²) in [5, 5.41) is 5.31. The molecule has 2 N–H and O–H groups in total. The topological polar surface area (TPSA) is 58.2 Å². The van der Waals surface area contributed by atoms with Gasteiger partial charge >= 0.3 is 0 Å². The smallest absolute Gasteiger partial charge is 0.251 e. The first-order chi connectivity index (χ1) is 10.0. The van der Waals surface area contributed by atoms with Gasteiger partial charge in [-0.15, -0.1) is 0 Å². The lowest BCUT2D eigenvalue weighted by Crippen LogP contribution is -2.32. The van der Waals surface area contributed by atoms with Crippen LogP contribution in [0, 0.1) is 3.57 Å². The van der Waals surface area contributed by atoms with Gasteiger partial charge in [0.1, 0.15) is 0 Å². The van der Waals surface area contributed by atoms with Crippen LogP contribution < -0.4 is 10.6 Å². The maximum atomic E-state index is 11.9. The summed E-state index contributed by atoms with van der Waals surface area (Å²) in [6, 6.07) is 14.4.